The number of anilines is 2. The Hall–Kier alpha value is -4.28. The number of Topliss-reactive ketones (excluding diaryl/α,β-unsaturated/α-hetero) is 1. The quantitative estimate of drug-likeness (QED) is 0.210. The highest BCUT2D eigenvalue weighted by atomic mass is 16.6. The number of allylic oxidation sites excluding steroid dienone is 1. The normalized spacial score (nSPS) is 33.7. The average Bonchev–Trinajstić information content (AvgIpc) is 3.51. The smallest absolute Gasteiger partial charge is 0.340 e. The Balaban J connectivity index is 1.45. The molecule has 2 fully saturated rings. The van der Waals surface area contributed by atoms with Gasteiger partial charge in [0.1, 0.15) is 12.7 Å². The van der Waals surface area contributed by atoms with E-state index in [1.807, 2.05) is 6.92 Å². The molecule has 1 unspecified atom stereocenters. The molecule has 2 bridgehead atoms. The van der Waals surface area contributed by atoms with Crippen LogP contribution in [-0.2, 0) is 19.1 Å². The van der Waals surface area contributed by atoms with Crippen LogP contribution in [0.5, 0.6) is 0 Å². The highest BCUT2D eigenvalue weighted by molar-refractivity contribution is 6.10. The van der Waals surface area contributed by atoms with Crippen LogP contribution < -0.4 is 11.1 Å². The van der Waals surface area contributed by atoms with Crippen molar-refractivity contribution in [3.8, 4) is 0 Å². The van der Waals surface area contributed by atoms with Gasteiger partial charge in [0.2, 0.25) is 0 Å². The Morgan fingerprint density at radius 1 is 1.07 bits per heavy atom. The molecule has 6 rings (SSSR count). The lowest BCUT2D eigenvalue weighted by atomic mass is 9.59. The van der Waals surface area contributed by atoms with Crippen LogP contribution in [0, 0.1) is 34.5 Å². The minimum absolute atomic E-state index is 0.0285. The minimum Gasteiger partial charge on any atom is -0.461 e. The van der Waals surface area contributed by atoms with E-state index in [-0.39, 0.29) is 57.7 Å². The molecule has 2 aromatic rings. The summed E-state index contributed by atoms with van der Waals surface area (Å²) in [6.07, 6.45) is 0.843. The fourth-order valence-corrected chi connectivity index (χ4v) is 8.58. The van der Waals surface area contributed by atoms with E-state index in [0.717, 1.165) is 0 Å². The zero-order valence-corrected chi connectivity index (χ0v) is 26.6. The van der Waals surface area contributed by atoms with Crippen molar-refractivity contribution >= 4 is 35.0 Å². The topological polar surface area (TPSA) is 165 Å². The fourth-order valence-electron chi connectivity index (χ4n) is 8.58. The van der Waals surface area contributed by atoms with Gasteiger partial charge in [-0.05, 0) is 66.4 Å². The molecule has 1 amide bonds. The highest BCUT2D eigenvalue weighted by Gasteiger charge is 2.76. The average molecular weight is 629 g/mol. The number of amides is 1. The third kappa shape index (κ3) is 4.52. The molecular weight excluding hydrogens is 588 g/mol. The Morgan fingerprint density at radius 3 is 2.39 bits per heavy atom. The lowest BCUT2D eigenvalue weighted by Gasteiger charge is -2.49. The summed E-state index contributed by atoms with van der Waals surface area (Å²) < 4.78 is 11.6. The number of ether oxygens (including phenoxy) is 2. The third-order valence-corrected chi connectivity index (χ3v) is 11.0. The summed E-state index contributed by atoms with van der Waals surface area (Å²) in [5.74, 6) is -3.23. The van der Waals surface area contributed by atoms with Crippen molar-refractivity contribution in [2.45, 2.75) is 58.8 Å². The van der Waals surface area contributed by atoms with Gasteiger partial charge in [0.15, 0.2) is 17.5 Å². The first-order valence-corrected chi connectivity index (χ1v) is 15.6. The number of carbonyl (C=O) groups is 4. The van der Waals surface area contributed by atoms with Crippen LogP contribution >= 0.6 is 0 Å². The standard InChI is InChI=1S/C36H40N2O8/c1-18-16-35-19(2)14-25-28(34(25,4)5)24(30(35)41)15-21(17-45-20(3)39)31(36(35,44)29(18)40)46-33(43)23-11-7-9-13-27(23)38-32(42)22-10-6-8-12-26(22)37/h6-13,15-16,19,24-25,28-29,31,40,44H,14,17,37H2,1-5H3,(H,38,42)/t19-,24-,25-,28+,29+,31-,35?,36+/m1/s1. The van der Waals surface area contributed by atoms with Crippen molar-refractivity contribution in [3.05, 3.63) is 83.0 Å². The van der Waals surface area contributed by atoms with Crippen LogP contribution in [-0.4, -0.2) is 58.3 Å². The van der Waals surface area contributed by atoms with Crippen LogP contribution in [0.3, 0.4) is 0 Å². The Morgan fingerprint density at radius 2 is 1.72 bits per heavy atom. The van der Waals surface area contributed by atoms with Crippen LogP contribution in [0.15, 0.2) is 71.8 Å². The maximum absolute atomic E-state index is 14.7. The van der Waals surface area contributed by atoms with E-state index in [1.54, 1.807) is 55.5 Å². The minimum atomic E-state index is -2.30. The van der Waals surface area contributed by atoms with Gasteiger partial charge in [-0.3, -0.25) is 14.4 Å². The maximum Gasteiger partial charge on any atom is 0.340 e. The first kappa shape index (κ1) is 31.7. The summed E-state index contributed by atoms with van der Waals surface area (Å²) in [5, 5.41) is 27.3. The van der Waals surface area contributed by atoms with Crippen LogP contribution in [0.2, 0.25) is 0 Å². The molecule has 46 heavy (non-hydrogen) atoms. The molecular formula is C36H40N2O8. The fraction of sp³-hybridized carbons (Fsp3) is 0.444. The van der Waals surface area contributed by atoms with Gasteiger partial charge in [0, 0.05) is 24.1 Å². The van der Waals surface area contributed by atoms with Crippen molar-refractivity contribution in [2.24, 2.45) is 34.5 Å². The monoisotopic (exact) mass is 628 g/mol. The summed E-state index contributed by atoms with van der Waals surface area (Å²) in [6.45, 7) is 8.65. The number of rotatable bonds is 6. The number of nitrogens with two attached hydrogens (primary N) is 1. The number of aliphatic hydroxyl groups excluding tert-OH is 1. The molecule has 0 heterocycles. The van der Waals surface area contributed by atoms with Gasteiger partial charge in [-0.15, -0.1) is 0 Å². The number of ketones is 1. The van der Waals surface area contributed by atoms with Crippen molar-refractivity contribution < 1.29 is 38.9 Å². The molecule has 0 radical (unpaired) electrons. The second-order valence-electron chi connectivity index (χ2n) is 13.9. The summed E-state index contributed by atoms with van der Waals surface area (Å²) in [5.41, 5.74) is 3.13. The number of hydrogen-bond donors (Lipinski definition) is 4. The van der Waals surface area contributed by atoms with E-state index in [0.29, 0.717) is 12.0 Å². The molecule has 1 spiro atoms. The van der Waals surface area contributed by atoms with E-state index in [2.05, 4.69) is 19.2 Å². The third-order valence-electron chi connectivity index (χ3n) is 11.0. The first-order chi connectivity index (χ1) is 21.7. The zero-order chi connectivity index (χ0) is 33.3. The summed E-state index contributed by atoms with van der Waals surface area (Å²) in [7, 11) is 0. The molecule has 8 atom stereocenters. The number of nitrogen functional groups attached to an aromatic ring is 1. The molecule has 10 nitrogen and oxygen atoms in total. The first-order valence-electron chi connectivity index (χ1n) is 15.6. The molecule has 2 aromatic carbocycles. The maximum atomic E-state index is 14.7. The highest BCUT2D eigenvalue weighted by Crippen LogP contribution is 2.71. The summed E-state index contributed by atoms with van der Waals surface area (Å²) >= 11 is 0. The number of hydrogen-bond acceptors (Lipinski definition) is 9. The second-order valence-corrected chi connectivity index (χ2v) is 13.9. The lowest BCUT2D eigenvalue weighted by Crippen LogP contribution is -2.66. The van der Waals surface area contributed by atoms with Gasteiger partial charge in [0.05, 0.1) is 22.2 Å². The van der Waals surface area contributed by atoms with Gasteiger partial charge in [-0.1, -0.05) is 57.2 Å². The molecule has 5 N–H and O–H groups in total. The number of fused-ring (bicyclic) bond motifs is 3. The lowest BCUT2D eigenvalue weighted by molar-refractivity contribution is -0.191. The molecule has 0 aliphatic heterocycles. The SMILES string of the molecule is CC(=O)OCC1=C[C@H]2C(=O)C3(C=C(C)[C@H](O)[C@]3(O)[C@@H]1OC(=O)c1ccccc1NC(=O)c1ccccc1N)[C@H](C)C[C@@H]1[C@H]2C1(C)C. The Bertz CT molecular complexity index is 1710. The van der Waals surface area contributed by atoms with Crippen molar-refractivity contribution in [3.63, 3.8) is 0 Å². The van der Waals surface area contributed by atoms with E-state index < -0.39 is 52.9 Å². The van der Waals surface area contributed by atoms with Crippen LogP contribution in [0.25, 0.3) is 0 Å². The molecule has 0 aromatic heterocycles. The molecule has 2 saturated carbocycles. The van der Waals surface area contributed by atoms with Gasteiger partial charge < -0.3 is 30.7 Å². The molecule has 10 heteroatoms. The molecule has 0 saturated heterocycles. The number of benzene rings is 2. The molecule has 242 valence electrons. The predicted octanol–water partition coefficient (Wildman–Crippen LogP) is 4.09. The number of carbonyl (C=O) groups excluding carboxylic acids is 4. The van der Waals surface area contributed by atoms with E-state index >= 15 is 0 Å². The molecule has 4 aliphatic carbocycles. The number of esters is 2. The summed E-state index contributed by atoms with van der Waals surface area (Å²) in [4.78, 5) is 54.0. The Labute approximate surface area is 267 Å². The van der Waals surface area contributed by atoms with Crippen molar-refractivity contribution in [1.29, 1.82) is 0 Å². The number of nitrogens with one attached hydrogen (secondary N) is 1. The van der Waals surface area contributed by atoms with Gasteiger partial charge in [-0.2, -0.15) is 0 Å². The van der Waals surface area contributed by atoms with E-state index in [4.69, 9.17) is 15.2 Å². The van der Waals surface area contributed by atoms with Gasteiger partial charge in [-0.25, -0.2) is 4.79 Å². The second kappa shape index (κ2) is 10.9. The zero-order valence-electron chi connectivity index (χ0n) is 26.6. The van der Waals surface area contributed by atoms with Crippen molar-refractivity contribution in [1.82, 2.24) is 0 Å². The van der Waals surface area contributed by atoms with E-state index in [1.165, 1.54) is 19.1 Å². The predicted molar refractivity (Wildman–Crippen MR) is 169 cm³/mol. The van der Waals surface area contributed by atoms with Crippen molar-refractivity contribution in [2.75, 3.05) is 17.7 Å². The number of aliphatic hydroxyl groups is 2. The molecule has 4 aliphatic rings. The van der Waals surface area contributed by atoms with E-state index in [9.17, 15) is 29.4 Å². The summed E-state index contributed by atoms with van der Waals surface area (Å²) in [6, 6.07) is 12.7. The largest absolute Gasteiger partial charge is 0.461 e. The number of para-hydroxylation sites is 2. The van der Waals surface area contributed by atoms with Gasteiger partial charge in [0.25, 0.3) is 5.91 Å². The van der Waals surface area contributed by atoms with Crippen LogP contribution in [0.1, 0.15) is 61.8 Å². The Kier molecular flexibility index (Phi) is 7.52. The van der Waals surface area contributed by atoms with Gasteiger partial charge >= 0.3 is 11.9 Å². The van der Waals surface area contributed by atoms with Crippen LogP contribution in [0.4, 0.5) is 11.4 Å².